The summed E-state index contributed by atoms with van der Waals surface area (Å²) in [6.07, 6.45) is 2.02. The minimum absolute atomic E-state index is 0.111. The predicted octanol–water partition coefficient (Wildman–Crippen LogP) is 4.77. The van der Waals surface area contributed by atoms with Crippen LogP contribution >= 0.6 is 22.7 Å². The molecule has 0 N–H and O–H groups in total. The normalized spacial score (nSPS) is 12.3. The molecule has 0 bridgehead atoms. The van der Waals surface area contributed by atoms with Crippen LogP contribution in [0.2, 0.25) is 0 Å². The molecule has 20 heavy (non-hydrogen) atoms. The standard InChI is InChI=1S/C16H21NOS2/c1-3-6-13(2)16(18)17(11-14-7-4-9-19-14)12-15-8-5-10-20-15/h4-5,7-10,13H,3,6,11-12H2,1-2H3. The Kier molecular flexibility index (Phi) is 5.80. The van der Waals surface area contributed by atoms with E-state index >= 15 is 0 Å². The van der Waals surface area contributed by atoms with Crippen molar-refractivity contribution in [2.24, 2.45) is 5.92 Å². The first kappa shape index (κ1) is 15.3. The summed E-state index contributed by atoms with van der Waals surface area (Å²) < 4.78 is 0. The van der Waals surface area contributed by atoms with Crippen molar-refractivity contribution in [1.29, 1.82) is 0 Å². The molecule has 1 atom stereocenters. The van der Waals surface area contributed by atoms with Crippen LogP contribution in [0, 0.1) is 5.92 Å². The van der Waals surface area contributed by atoms with E-state index < -0.39 is 0 Å². The predicted molar refractivity (Wildman–Crippen MR) is 87.0 cm³/mol. The van der Waals surface area contributed by atoms with E-state index in [-0.39, 0.29) is 11.8 Å². The lowest BCUT2D eigenvalue weighted by Gasteiger charge is -2.25. The Morgan fingerprint density at radius 1 is 1.15 bits per heavy atom. The van der Waals surface area contributed by atoms with Crippen LogP contribution in [-0.4, -0.2) is 10.8 Å². The molecule has 2 nitrogen and oxygen atoms in total. The summed E-state index contributed by atoms with van der Waals surface area (Å²) in [7, 11) is 0. The van der Waals surface area contributed by atoms with E-state index in [0.29, 0.717) is 0 Å². The lowest BCUT2D eigenvalue weighted by atomic mass is 10.0. The molecular formula is C16H21NOS2. The van der Waals surface area contributed by atoms with Crippen molar-refractivity contribution in [1.82, 2.24) is 4.90 Å². The van der Waals surface area contributed by atoms with Gasteiger partial charge in [0.2, 0.25) is 5.91 Å². The minimum atomic E-state index is 0.111. The van der Waals surface area contributed by atoms with Crippen molar-refractivity contribution in [3.8, 4) is 0 Å². The molecule has 0 aliphatic carbocycles. The third-order valence-electron chi connectivity index (χ3n) is 3.31. The summed E-state index contributed by atoms with van der Waals surface area (Å²) in [5, 5.41) is 4.14. The summed E-state index contributed by atoms with van der Waals surface area (Å²) >= 11 is 3.43. The van der Waals surface area contributed by atoms with Crippen molar-refractivity contribution in [2.75, 3.05) is 0 Å². The van der Waals surface area contributed by atoms with Crippen LogP contribution in [0.15, 0.2) is 35.0 Å². The summed E-state index contributed by atoms with van der Waals surface area (Å²) in [5.74, 6) is 0.383. The van der Waals surface area contributed by atoms with Crippen LogP contribution in [0.25, 0.3) is 0 Å². The molecule has 0 aliphatic heterocycles. The van der Waals surface area contributed by atoms with E-state index in [0.717, 1.165) is 25.9 Å². The molecule has 2 aromatic rings. The Bertz CT molecular complexity index is 468. The zero-order valence-electron chi connectivity index (χ0n) is 12.0. The minimum Gasteiger partial charge on any atom is -0.332 e. The average molecular weight is 307 g/mol. The summed E-state index contributed by atoms with van der Waals surface area (Å²) in [4.78, 5) is 17.1. The Morgan fingerprint density at radius 2 is 1.70 bits per heavy atom. The fraction of sp³-hybridized carbons (Fsp3) is 0.438. The molecule has 1 amide bonds. The van der Waals surface area contributed by atoms with Gasteiger partial charge >= 0.3 is 0 Å². The van der Waals surface area contributed by atoms with E-state index in [1.807, 2.05) is 24.0 Å². The molecule has 0 fully saturated rings. The molecule has 0 radical (unpaired) electrons. The number of carbonyl (C=O) groups is 1. The van der Waals surface area contributed by atoms with E-state index in [1.54, 1.807) is 22.7 Å². The van der Waals surface area contributed by atoms with Gasteiger partial charge in [-0.3, -0.25) is 4.79 Å². The van der Waals surface area contributed by atoms with Crippen molar-refractivity contribution in [3.05, 3.63) is 44.8 Å². The van der Waals surface area contributed by atoms with E-state index in [9.17, 15) is 4.79 Å². The van der Waals surface area contributed by atoms with Crippen LogP contribution in [0.5, 0.6) is 0 Å². The Labute approximate surface area is 129 Å². The van der Waals surface area contributed by atoms with Gasteiger partial charge in [0.25, 0.3) is 0 Å². The Morgan fingerprint density at radius 3 is 2.10 bits per heavy atom. The Hall–Kier alpha value is -1.13. The lowest BCUT2D eigenvalue weighted by Crippen LogP contribution is -2.33. The van der Waals surface area contributed by atoms with E-state index in [1.165, 1.54) is 9.75 Å². The van der Waals surface area contributed by atoms with Gasteiger partial charge in [-0.2, -0.15) is 0 Å². The third-order valence-corrected chi connectivity index (χ3v) is 5.03. The lowest BCUT2D eigenvalue weighted by molar-refractivity contribution is -0.136. The second kappa shape index (κ2) is 7.60. The molecule has 0 aromatic carbocycles. The SMILES string of the molecule is CCCC(C)C(=O)N(Cc1cccs1)Cc1cccs1. The van der Waals surface area contributed by atoms with Crippen LogP contribution < -0.4 is 0 Å². The highest BCUT2D eigenvalue weighted by Crippen LogP contribution is 2.20. The number of rotatable bonds is 7. The summed E-state index contributed by atoms with van der Waals surface area (Å²) in [5.41, 5.74) is 0. The van der Waals surface area contributed by atoms with Gasteiger partial charge in [-0.05, 0) is 29.3 Å². The van der Waals surface area contributed by atoms with Crippen molar-refractivity contribution in [3.63, 3.8) is 0 Å². The zero-order valence-corrected chi connectivity index (χ0v) is 13.7. The largest absolute Gasteiger partial charge is 0.332 e. The maximum atomic E-state index is 12.6. The molecule has 108 valence electrons. The number of nitrogens with zero attached hydrogens (tertiary/aromatic N) is 1. The van der Waals surface area contributed by atoms with Crippen molar-refractivity contribution < 1.29 is 4.79 Å². The van der Waals surface area contributed by atoms with Crippen LogP contribution in [0.3, 0.4) is 0 Å². The van der Waals surface area contributed by atoms with Gasteiger partial charge in [0, 0.05) is 15.7 Å². The quantitative estimate of drug-likeness (QED) is 0.721. The van der Waals surface area contributed by atoms with Crippen molar-refractivity contribution >= 4 is 28.6 Å². The molecule has 0 spiro atoms. The molecule has 0 saturated heterocycles. The van der Waals surface area contributed by atoms with Gasteiger partial charge in [0.05, 0.1) is 13.1 Å². The fourth-order valence-corrected chi connectivity index (χ4v) is 3.70. The van der Waals surface area contributed by atoms with Gasteiger partial charge in [-0.25, -0.2) is 0 Å². The second-order valence-corrected chi connectivity index (χ2v) is 7.11. The first-order valence-electron chi connectivity index (χ1n) is 7.04. The highest BCUT2D eigenvalue weighted by Gasteiger charge is 2.21. The van der Waals surface area contributed by atoms with Crippen LogP contribution in [-0.2, 0) is 17.9 Å². The van der Waals surface area contributed by atoms with Gasteiger partial charge < -0.3 is 4.90 Å². The number of amides is 1. The summed E-state index contributed by atoms with van der Waals surface area (Å²) in [6, 6.07) is 8.29. The number of hydrogen-bond acceptors (Lipinski definition) is 3. The molecular weight excluding hydrogens is 286 g/mol. The molecule has 2 rings (SSSR count). The van der Waals surface area contributed by atoms with E-state index in [4.69, 9.17) is 0 Å². The maximum Gasteiger partial charge on any atom is 0.226 e. The average Bonchev–Trinajstić information content (AvgIpc) is 3.10. The Balaban J connectivity index is 2.08. The molecule has 2 heterocycles. The summed E-state index contributed by atoms with van der Waals surface area (Å²) in [6.45, 7) is 5.62. The molecule has 2 aromatic heterocycles. The molecule has 0 aliphatic rings. The molecule has 0 saturated carbocycles. The number of hydrogen-bond donors (Lipinski definition) is 0. The fourth-order valence-electron chi connectivity index (χ4n) is 2.26. The maximum absolute atomic E-state index is 12.6. The monoisotopic (exact) mass is 307 g/mol. The molecule has 4 heteroatoms. The van der Waals surface area contributed by atoms with Gasteiger partial charge in [-0.1, -0.05) is 32.4 Å². The first-order chi connectivity index (χ1) is 9.70. The first-order valence-corrected chi connectivity index (χ1v) is 8.80. The zero-order chi connectivity index (χ0) is 14.4. The van der Waals surface area contributed by atoms with Crippen LogP contribution in [0.1, 0.15) is 36.4 Å². The van der Waals surface area contributed by atoms with Crippen LogP contribution in [0.4, 0.5) is 0 Å². The van der Waals surface area contributed by atoms with Gasteiger partial charge in [0.15, 0.2) is 0 Å². The molecule has 1 unspecified atom stereocenters. The second-order valence-electron chi connectivity index (χ2n) is 5.04. The van der Waals surface area contributed by atoms with Crippen molar-refractivity contribution in [2.45, 2.75) is 39.8 Å². The smallest absolute Gasteiger partial charge is 0.226 e. The number of thiophene rings is 2. The van der Waals surface area contributed by atoms with Gasteiger partial charge in [0.1, 0.15) is 0 Å². The highest BCUT2D eigenvalue weighted by molar-refractivity contribution is 7.10. The highest BCUT2D eigenvalue weighted by atomic mass is 32.1. The van der Waals surface area contributed by atoms with Gasteiger partial charge in [-0.15, -0.1) is 22.7 Å². The van der Waals surface area contributed by atoms with E-state index in [2.05, 4.69) is 29.8 Å². The number of carbonyl (C=O) groups excluding carboxylic acids is 1. The third kappa shape index (κ3) is 4.18. The topological polar surface area (TPSA) is 20.3 Å².